The van der Waals surface area contributed by atoms with Crippen LogP contribution in [0.1, 0.15) is 33.1 Å². The lowest BCUT2D eigenvalue weighted by Gasteiger charge is -2.40. The molecule has 0 atom stereocenters. The van der Waals surface area contributed by atoms with Crippen LogP contribution in [0, 0.1) is 21.3 Å². The SMILES string of the molecule is CCC1(C)CCN(c2cc(F)cc([N+](=O)[O-])c2)CC1. The van der Waals surface area contributed by atoms with Gasteiger partial charge in [0.2, 0.25) is 0 Å². The van der Waals surface area contributed by atoms with E-state index in [0.29, 0.717) is 11.1 Å². The van der Waals surface area contributed by atoms with Gasteiger partial charge in [0.15, 0.2) is 0 Å². The second kappa shape index (κ2) is 5.15. The highest BCUT2D eigenvalue weighted by Gasteiger charge is 2.29. The first-order valence-electron chi connectivity index (χ1n) is 6.63. The Hall–Kier alpha value is -1.65. The second-order valence-corrected chi connectivity index (χ2v) is 5.58. The number of nitro groups is 1. The van der Waals surface area contributed by atoms with Gasteiger partial charge in [-0.25, -0.2) is 4.39 Å². The van der Waals surface area contributed by atoms with Crippen molar-refractivity contribution >= 4 is 11.4 Å². The van der Waals surface area contributed by atoms with Gasteiger partial charge in [0.1, 0.15) is 5.82 Å². The lowest BCUT2D eigenvalue weighted by molar-refractivity contribution is -0.385. The summed E-state index contributed by atoms with van der Waals surface area (Å²) in [7, 11) is 0. The van der Waals surface area contributed by atoms with E-state index in [-0.39, 0.29) is 5.69 Å². The fourth-order valence-electron chi connectivity index (χ4n) is 2.51. The minimum atomic E-state index is -0.549. The van der Waals surface area contributed by atoms with Crippen LogP contribution in [0.25, 0.3) is 0 Å². The summed E-state index contributed by atoms with van der Waals surface area (Å²) in [5.41, 5.74) is 0.777. The standard InChI is InChI=1S/C14H19FN2O2/c1-3-14(2)4-6-16(7-5-14)12-8-11(15)9-13(10-12)17(18)19/h8-10H,3-7H2,1-2H3. The van der Waals surface area contributed by atoms with E-state index >= 15 is 0 Å². The summed E-state index contributed by atoms with van der Waals surface area (Å²) in [6.45, 7) is 6.09. The molecule has 1 aliphatic rings. The number of piperidine rings is 1. The summed E-state index contributed by atoms with van der Waals surface area (Å²) in [5, 5.41) is 10.8. The monoisotopic (exact) mass is 266 g/mol. The van der Waals surface area contributed by atoms with Crippen LogP contribution in [-0.4, -0.2) is 18.0 Å². The number of anilines is 1. The number of non-ortho nitro benzene ring substituents is 1. The van der Waals surface area contributed by atoms with E-state index in [1.54, 1.807) is 0 Å². The minimum absolute atomic E-state index is 0.182. The Balaban J connectivity index is 2.17. The smallest absolute Gasteiger partial charge is 0.274 e. The van der Waals surface area contributed by atoms with Crippen molar-refractivity contribution in [2.45, 2.75) is 33.1 Å². The number of hydrogen-bond acceptors (Lipinski definition) is 3. The highest BCUT2D eigenvalue weighted by molar-refractivity contribution is 5.54. The Labute approximate surface area is 112 Å². The molecule has 0 amide bonds. The van der Waals surface area contributed by atoms with Crippen LogP contribution in [0.2, 0.25) is 0 Å². The first-order valence-corrected chi connectivity index (χ1v) is 6.63. The molecule has 1 saturated heterocycles. The summed E-state index contributed by atoms with van der Waals surface area (Å²) in [4.78, 5) is 12.2. The summed E-state index contributed by atoms with van der Waals surface area (Å²) < 4.78 is 13.4. The fourth-order valence-corrected chi connectivity index (χ4v) is 2.51. The molecule has 1 aliphatic heterocycles. The van der Waals surface area contributed by atoms with Crippen molar-refractivity contribution in [3.63, 3.8) is 0 Å². The van der Waals surface area contributed by atoms with Crippen molar-refractivity contribution in [2.24, 2.45) is 5.41 Å². The van der Waals surface area contributed by atoms with Crippen LogP contribution in [0.4, 0.5) is 15.8 Å². The van der Waals surface area contributed by atoms with Crippen molar-refractivity contribution in [2.75, 3.05) is 18.0 Å². The molecule has 1 fully saturated rings. The van der Waals surface area contributed by atoms with Gasteiger partial charge in [-0.05, 0) is 24.3 Å². The molecular formula is C14H19FN2O2. The Morgan fingerprint density at radius 1 is 1.37 bits per heavy atom. The molecule has 1 aromatic carbocycles. The molecule has 2 rings (SSSR count). The molecule has 104 valence electrons. The van der Waals surface area contributed by atoms with Crippen molar-refractivity contribution in [3.05, 3.63) is 34.1 Å². The van der Waals surface area contributed by atoms with Crippen LogP contribution in [0.15, 0.2) is 18.2 Å². The van der Waals surface area contributed by atoms with Gasteiger partial charge in [-0.2, -0.15) is 0 Å². The molecule has 0 spiro atoms. The lowest BCUT2D eigenvalue weighted by Crippen LogP contribution is -2.38. The van der Waals surface area contributed by atoms with Crippen molar-refractivity contribution < 1.29 is 9.31 Å². The third kappa shape index (κ3) is 3.03. The molecule has 19 heavy (non-hydrogen) atoms. The van der Waals surface area contributed by atoms with E-state index in [0.717, 1.165) is 38.4 Å². The number of halogens is 1. The Morgan fingerprint density at radius 3 is 2.53 bits per heavy atom. The van der Waals surface area contributed by atoms with E-state index in [1.807, 2.05) is 4.90 Å². The first kappa shape index (κ1) is 13.8. The second-order valence-electron chi connectivity index (χ2n) is 5.58. The quantitative estimate of drug-likeness (QED) is 0.618. The molecule has 0 saturated carbocycles. The van der Waals surface area contributed by atoms with E-state index in [9.17, 15) is 14.5 Å². The zero-order chi connectivity index (χ0) is 14.0. The molecule has 0 aromatic heterocycles. The number of benzene rings is 1. The molecule has 0 radical (unpaired) electrons. The minimum Gasteiger partial charge on any atom is -0.371 e. The van der Waals surface area contributed by atoms with Crippen LogP contribution in [0.3, 0.4) is 0 Å². The van der Waals surface area contributed by atoms with E-state index in [2.05, 4.69) is 13.8 Å². The highest BCUT2D eigenvalue weighted by atomic mass is 19.1. The Kier molecular flexibility index (Phi) is 3.73. The molecule has 1 aromatic rings. The number of rotatable bonds is 3. The summed E-state index contributed by atoms with van der Waals surface area (Å²) in [6.07, 6.45) is 3.20. The van der Waals surface area contributed by atoms with Gasteiger partial charge < -0.3 is 4.90 Å². The van der Waals surface area contributed by atoms with Gasteiger partial charge >= 0.3 is 0 Å². The highest BCUT2D eigenvalue weighted by Crippen LogP contribution is 2.36. The fraction of sp³-hybridized carbons (Fsp3) is 0.571. The molecule has 1 heterocycles. The molecule has 4 nitrogen and oxygen atoms in total. The first-order chi connectivity index (χ1) is 8.93. The molecule has 5 heteroatoms. The van der Waals surface area contributed by atoms with Crippen LogP contribution in [0.5, 0.6) is 0 Å². The van der Waals surface area contributed by atoms with Gasteiger partial charge in [-0.3, -0.25) is 10.1 Å². The third-order valence-electron chi connectivity index (χ3n) is 4.27. The molecule has 0 unspecified atom stereocenters. The topological polar surface area (TPSA) is 46.4 Å². The predicted octanol–water partition coefficient (Wildman–Crippen LogP) is 3.75. The maximum atomic E-state index is 13.4. The third-order valence-corrected chi connectivity index (χ3v) is 4.27. The number of hydrogen-bond donors (Lipinski definition) is 0. The lowest BCUT2D eigenvalue weighted by atomic mass is 9.78. The van der Waals surface area contributed by atoms with Gasteiger partial charge in [-0.1, -0.05) is 20.3 Å². The van der Waals surface area contributed by atoms with Crippen LogP contribution in [-0.2, 0) is 0 Å². The average molecular weight is 266 g/mol. The molecular weight excluding hydrogens is 247 g/mol. The van der Waals surface area contributed by atoms with Crippen LogP contribution >= 0.6 is 0 Å². The summed E-state index contributed by atoms with van der Waals surface area (Å²) >= 11 is 0. The number of nitrogens with zero attached hydrogens (tertiary/aromatic N) is 2. The van der Waals surface area contributed by atoms with Gasteiger partial charge in [0.25, 0.3) is 5.69 Å². The molecule has 0 N–H and O–H groups in total. The Bertz CT molecular complexity index is 482. The van der Waals surface area contributed by atoms with Gasteiger partial charge in [0.05, 0.1) is 11.0 Å². The van der Waals surface area contributed by atoms with Crippen molar-refractivity contribution in [3.8, 4) is 0 Å². The predicted molar refractivity (Wildman–Crippen MR) is 72.9 cm³/mol. The number of nitro benzene ring substituents is 1. The van der Waals surface area contributed by atoms with Crippen LogP contribution < -0.4 is 4.90 Å². The van der Waals surface area contributed by atoms with Crippen molar-refractivity contribution in [1.29, 1.82) is 0 Å². The van der Waals surface area contributed by atoms with E-state index in [4.69, 9.17) is 0 Å². The largest absolute Gasteiger partial charge is 0.371 e. The zero-order valence-corrected chi connectivity index (χ0v) is 11.4. The molecule has 0 bridgehead atoms. The summed E-state index contributed by atoms with van der Waals surface area (Å²) in [6, 6.07) is 3.79. The maximum absolute atomic E-state index is 13.4. The normalized spacial score (nSPS) is 18.4. The summed E-state index contributed by atoms with van der Waals surface area (Å²) in [5.74, 6) is -0.548. The average Bonchev–Trinajstić information content (AvgIpc) is 2.39. The Morgan fingerprint density at radius 2 is 2.00 bits per heavy atom. The maximum Gasteiger partial charge on any atom is 0.274 e. The van der Waals surface area contributed by atoms with Gasteiger partial charge in [-0.15, -0.1) is 0 Å². The zero-order valence-electron chi connectivity index (χ0n) is 11.4. The van der Waals surface area contributed by atoms with Gasteiger partial charge in [0, 0.05) is 24.8 Å². The molecule has 0 aliphatic carbocycles. The van der Waals surface area contributed by atoms with E-state index in [1.165, 1.54) is 12.1 Å². The van der Waals surface area contributed by atoms with E-state index < -0.39 is 10.7 Å². The van der Waals surface area contributed by atoms with Crippen molar-refractivity contribution in [1.82, 2.24) is 0 Å².